The number of benzene rings is 1. The van der Waals surface area contributed by atoms with Gasteiger partial charge in [-0.3, -0.25) is 0 Å². The van der Waals surface area contributed by atoms with Crippen molar-refractivity contribution in [2.24, 2.45) is 0 Å². The summed E-state index contributed by atoms with van der Waals surface area (Å²) in [4.78, 5) is 2.57. The van der Waals surface area contributed by atoms with Gasteiger partial charge in [-0.25, -0.2) is 0 Å². The lowest BCUT2D eigenvalue weighted by Crippen LogP contribution is -2.44. The number of hydrogen-bond donors (Lipinski definition) is 1. The van der Waals surface area contributed by atoms with Gasteiger partial charge >= 0.3 is 0 Å². The average molecular weight is 332 g/mol. The minimum Gasteiger partial charge on any atom is -0.494 e. The van der Waals surface area contributed by atoms with Crippen LogP contribution >= 0.6 is 0 Å². The average Bonchev–Trinajstić information content (AvgIpc) is 2.67. The standard InChI is InChI=1S/C20H32N2O2/c1-21-20(10-16-23-17-11-20)18-6-8-19(9-7-18)24-15-5-14-22-12-3-2-4-13-22/h6-9,21H,2-5,10-17H2,1H3. The van der Waals surface area contributed by atoms with Crippen molar-refractivity contribution in [1.82, 2.24) is 10.2 Å². The number of nitrogens with one attached hydrogen (secondary N) is 1. The van der Waals surface area contributed by atoms with Crippen LogP contribution < -0.4 is 10.1 Å². The summed E-state index contributed by atoms with van der Waals surface area (Å²) in [6, 6.07) is 8.65. The summed E-state index contributed by atoms with van der Waals surface area (Å²) in [6.45, 7) is 6.17. The molecule has 3 rings (SSSR count). The molecule has 0 radical (unpaired) electrons. The van der Waals surface area contributed by atoms with Crippen LogP contribution in [0.3, 0.4) is 0 Å². The van der Waals surface area contributed by atoms with Crippen molar-refractivity contribution < 1.29 is 9.47 Å². The molecule has 4 heteroatoms. The molecule has 0 aromatic heterocycles. The Balaban J connectivity index is 1.45. The van der Waals surface area contributed by atoms with Crippen LogP contribution in [0.1, 0.15) is 44.1 Å². The van der Waals surface area contributed by atoms with Crippen LogP contribution in [0.15, 0.2) is 24.3 Å². The zero-order chi connectivity index (χ0) is 16.7. The number of rotatable bonds is 7. The highest BCUT2D eigenvalue weighted by Crippen LogP contribution is 2.32. The molecule has 1 aromatic rings. The molecule has 2 heterocycles. The van der Waals surface area contributed by atoms with E-state index in [2.05, 4.69) is 41.5 Å². The van der Waals surface area contributed by atoms with Crippen LogP contribution in [0.5, 0.6) is 5.75 Å². The Morgan fingerprint density at radius 1 is 1.08 bits per heavy atom. The van der Waals surface area contributed by atoms with E-state index in [1.165, 1.54) is 44.5 Å². The van der Waals surface area contributed by atoms with Crippen molar-refractivity contribution in [1.29, 1.82) is 0 Å². The first kappa shape index (κ1) is 17.7. The maximum Gasteiger partial charge on any atom is 0.119 e. The Labute approximate surface area is 146 Å². The SMILES string of the molecule is CNC1(c2ccc(OCCCN3CCCCC3)cc2)CCOCC1. The molecule has 24 heavy (non-hydrogen) atoms. The van der Waals surface area contributed by atoms with Crippen LogP contribution in [0.25, 0.3) is 0 Å². The van der Waals surface area contributed by atoms with Crippen molar-refractivity contribution >= 4 is 0 Å². The van der Waals surface area contributed by atoms with Gasteiger partial charge in [0.25, 0.3) is 0 Å². The first-order chi connectivity index (χ1) is 11.8. The second-order valence-electron chi connectivity index (χ2n) is 7.07. The molecule has 0 atom stereocenters. The molecule has 1 aromatic carbocycles. The molecular formula is C20H32N2O2. The van der Waals surface area contributed by atoms with Crippen LogP contribution in [0.2, 0.25) is 0 Å². The van der Waals surface area contributed by atoms with E-state index in [1.807, 2.05) is 0 Å². The van der Waals surface area contributed by atoms with Crippen LogP contribution in [-0.2, 0) is 10.3 Å². The van der Waals surface area contributed by atoms with Gasteiger partial charge in [-0.15, -0.1) is 0 Å². The fourth-order valence-electron chi connectivity index (χ4n) is 3.93. The maximum absolute atomic E-state index is 5.93. The molecule has 134 valence electrons. The second kappa shape index (κ2) is 8.84. The summed E-state index contributed by atoms with van der Waals surface area (Å²) in [5.41, 5.74) is 1.40. The molecule has 4 nitrogen and oxygen atoms in total. The van der Waals surface area contributed by atoms with Crippen molar-refractivity contribution in [2.75, 3.05) is 46.5 Å². The first-order valence-corrected chi connectivity index (χ1v) is 9.55. The first-order valence-electron chi connectivity index (χ1n) is 9.55. The van der Waals surface area contributed by atoms with Gasteiger partial charge in [0.1, 0.15) is 5.75 Å². The van der Waals surface area contributed by atoms with E-state index >= 15 is 0 Å². The Bertz CT molecular complexity index is 477. The summed E-state index contributed by atoms with van der Waals surface area (Å²) < 4.78 is 11.5. The Morgan fingerprint density at radius 3 is 2.46 bits per heavy atom. The second-order valence-corrected chi connectivity index (χ2v) is 7.07. The number of hydrogen-bond acceptors (Lipinski definition) is 4. The van der Waals surface area contributed by atoms with Crippen molar-refractivity contribution in [3.05, 3.63) is 29.8 Å². The number of piperidine rings is 1. The Hall–Kier alpha value is -1.10. The van der Waals surface area contributed by atoms with Gasteiger partial charge in [0, 0.05) is 25.3 Å². The van der Waals surface area contributed by atoms with Crippen LogP contribution in [-0.4, -0.2) is 51.4 Å². The predicted octanol–water partition coefficient (Wildman–Crippen LogP) is 3.17. The fourth-order valence-corrected chi connectivity index (χ4v) is 3.93. The minimum atomic E-state index is 0.0606. The van der Waals surface area contributed by atoms with Gasteiger partial charge in [-0.2, -0.15) is 0 Å². The van der Waals surface area contributed by atoms with E-state index in [9.17, 15) is 0 Å². The summed E-state index contributed by atoms with van der Waals surface area (Å²) in [6.07, 6.45) is 7.29. The summed E-state index contributed by atoms with van der Waals surface area (Å²) >= 11 is 0. The summed E-state index contributed by atoms with van der Waals surface area (Å²) in [7, 11) is 2.05. The zero-order valence-electron chi connectivity index (χ0n) is 15.1. The van der Waals surface area contributed by atoms with E-state index in [1.54, 1.807) is 0 Å². The molecule has 0 amide bonds. The lowest BCUT2D eigenvalue weighted by Gasteiger charge is -2.37. The third-order valence-electron chi connectivity index (χ3n) is 5.57. The van der Waals surface area contributed by atoms with E-state index in [0.717, 1.165) is 44.8 Å². The lowest BCUT2D eigenvalue weighted by atomic mass is 9.83. The molecule has 0 aliphatic carbocycles. The smallest absolute Gasteiger partial charge is 0.119 e. The zero-order valence-corrected chi connectivity index (χ0v) is 15.1. The molecule has 0 spiro atoms. The van der Waals surface area contributed by atoms with Crippen molar-refractivity contribution in [3.8, 4) is 5.75 Å². The van der Waals surface area contributed by atoms with Gasteiger partial charge in [-0.05, 0) is 69.9 Å². The topological polar surface area (TPSA) is 33.7 Å². The maximum atomic E-state index is 5.93. The normalized spacial score (nSPS) is 21.5. The van der Waals surface area contributed by atoms with E-state index in [-0.39, 0.29) is 5.54 Å². The molecule has 1 N–H and O–H groups in total. The molecule has 0 unspecified atom stereocenters. The highest BCUT2D eigenvalue weighted by atomic mass is 16.5. The van der Waals surface area contributed by atoms with Crippen LogP contribution in [0.4, 0.5) is 0 Å². The quantitative estimate of drug-likeness (QED) is 0.778. The predicted molar refractivity (Wildman–Crippen MR) is 97.6 cm³/mol. The molecule has 2 aliphatic rings. The van der Waals surface area contributed by atoms with E-state index < -0.39 is 0 Å². The minimum absolute atomic E-state index is 0.0606. The Kier molecular flexibility index (Phi) is 6.52. The number of ether oxygens (including phenoxy) is 2. The molecule has 2 fully saturated rings. The summed E-state index contributed by atoms with van der Waals surface area (Å²) in [5, 5.41) is 3.52. The number of nitrogens with zero attached hydrogens (tertiary/aromatic N) is 1. The molecule has 2 aliphatic heterocycles. The molecule has 0 bridgehead atoms. The molecular weight excluding hydrogens is 300 g/mol. The summed E-state index contributed by atoms with van der Waals surface area (Å²) in [5.74, 6) is 0.982. The van der Waals surface area contributed by atoms with Gasteiger partial charge in [-0.1, -0.05) is 18.6 Å². The lowest BCUT2D eigenvalue weighted by molar-refractivity contribution is 0.0398. The third-order valence-corrected chi connectivity index (χ3v) is 5.57. The monoisotopic (exact) mass is 332 g/mol. The number of likely N-dealkylation sites (tertiary alicyclic amines) is 1. The molecule has 0 saturated carbocycles. The highest BCUT2D eigenvalue weighted by molar-refractivity contribution is 5.32. The van der Waals surface area contributed by atoms with Crippen molar-refractivity contribution in [3.63, 3.8) is 0 Å². The van der Waals surface area contributed by atoms with E-state index in [0.29, 0.717) is 0 Å². The molecule has 2 saturated heterocycles. The van der Waals surface area contributed by atoms with Gasteiger partial charge in [0.05, 0.1) is 6.61 Å². The van der Waals surface area contributed by atoms with Crippen LogP contribution in [0, 0.1) is 0 Å². The van der Waals surface area contributed by atoms with Gasteiger partial charge in [0.2, 0.25) is 0 Å². The van der Waals surface area contributed by atoms with Gasteiger partial charge < -0.3 is 19.7 Å². The Morgan fingerprint density at radius 2 is 1.79 bits per heavy atom. The fraction of sp³-hybridized carbons (Fsp3) is 0.700. The largest absolute Gasteiger partial charge is 0.494 e. The third kappa shape index (κ3) is 4.50. The highest BCUT2D eigenvalue weighted by Gasteiger charge is 2.32. The van der Waals surface area contributed by atoms with Gasteiger partial charge in [0.15, 0.2) is 0 Å². The van der Waals surface area contributed by atoms with E-state index in [4.69, 9.17) is 9.47 Å². The van der Waals surface area contributed by atoms with Crippen molar-refractivity contribution in [2.45, 2.75) is 44.1 Å².